The van der Waals surface area contributed by atoms with Gasteiger partial charge >= 0.3 is 6.85 Å². The molecule has 0 amide bonds. The molecule has 4 heteroatoms. The first-order valence-corrected chi connectivity index (χ1v) is 20.6. The van der Waals surface area contributed by atoms with Gasteiger partial charge in [-0.2, -0.15) is 0 Å². The molecule has 9 aromatic carbocycles. The number of benzene rings is 9. The van der Waals surface area contributed by atoms with Crippen molar-refractivity contribution in [3.63, 3.8) is 0 Å². The molecule has 0 radical (unpaired) electrons. The lowest BCUT2D eigenvalue weighted by Crippen LogP contribution is -2.60. The van der Waals surface area contributed by atoms with Crippen LogP contribution in [0.1, 0.15) is 5.56 Å². The van der Waals surface area contributed by atoms with Crippen LogP contribution in [0, 0.1) is 6.92 Å². The van der Waals surface area contributed by atoms with E-state index in [4.69, 9.17) is 0 Å². The maximum Gasteiger partial charge on any atom is 0.333 e. The minimum atomic E-state index is -0.108. The van der Waals surface area contributed by atoms with Crippen LogP contribution in [0.4, 0.5) is 17.1 Å². The van der Waals surface area contributed by atoms with Crippen LogP contribution in [0.15, 0.2) is 188 Å². The zero-order valence-corrected chi connectivity index (χ0v) is 33.3. The minimum absolute atomic E-state index is 0.108. The van der Waals surface area contributed by atoms with E-state index in [2.05, 4.69) is 223 Å². The number of rotatable bonds is 5. The van der Waals surface area contributed by atoms with Crippen molar-refractivity contribution >= 4 is 67.4 Å². The van der Waals surface area contributed by atoms with E-state index in [9.17, 15) is 0 Å². The van der Waals surface area contributed by atoms with Gasteiger partial charge in [0.2, 0.25) is 0 Å². The molecule has 59 heavy (non-hydrogen) atoms. The molecule has 3 nitrogen and oxygen atoms in total. The molecule has 0 fully saturated rings. The van der Waals surface area contributed by atoms with Gasteiger partial charge in [0, 0.05) is 53.2 Å². The topological polar surface area (TPSA) is 11.4 Å². The van der Waals surface area contributed by atoms with Gasteiger partial charge in [0.25, 0.3) is 0 Å². The molecule has 1 aromatic heterocycles. The van der Waals surface area contributed by atoms with Crippen molar-refractivity contribution in [2.24, 2.45) is 0 Å². The number of hydrogen-bond donors (Lipinski definition) is 0. The summed E-state index contributed by atoms with van der Waals surface area (Å²) in [5, 5.41) is 5.13. The van der Waals surface area contributed by atoms with Gasteiger partial charge < -0.3 is 14.3 Å². The van der Waals surface area contributed by atoms with Crippen molar-refractivity contribution in [2.75, 3.05) is 23.8 Å². The molecule has 0 N–H and O–H groups in total. The van der Waals surface area contributed by atoms with Crippen molar-refractivity contribution in [2.45, 2.75) is 6.92 Å². The van der Waals surface area contributed by atoms with E-state index in [-0.39, 0.29) is 6.85 Å². The minimum Gasteiger partial charge on any atom is -0.378 e. The second-order valence-corrected chi connectivity index (χ2v) is 16.4. The average Bonchev–Trinajstić information content (AvgIpc) is 3.65. The Balaban J connectivity index is 1.33. The fourth-order valence-corrected chi connectivity index (χ4v) is 10.1. The van der Waals surface area contributed by atoms with Crippen LogP contribution < -0.4 is 20.6 Å². The summed E-state index contributed by atoms with van der Waals surface area (Å²) in [6.45, 7) is 2.07. The van der Waals surface area contributed by atoms with Gasteiger partial charge in [-0.3, -0.25) is 0 Å². The second kappa shape index (κ2) is 12.9. The van der Waals surface area contributed by atoms with E-state index >= 15 is 0 Å². The largest absolute Gasteiger partial charge is 0.378 e. The molecular formula is C55H40BN3. The first-order chi connectivity index (χ1) is 29.0. The number of fused-ring (bicyclic) bond motifs is 10. The van der Waals surface area contributed by atoms with Gasteiger partial charge in [0.05, 0.1) is 11.0 Å². The van der Waals surface area contributed by atoms with E-state index in [1.54, 1.807) is 0 Å². The summed E-state index contributed by atoms with van der Waals surface area (Å²) in [4.78, 5) is 4.85. The summed E-state index contributed by atoms with van der Waals surface area (Å²) in [6.07, 6.45) is 0. The maximum absolute atomic E-state index is 2.63. The Kier molecular flexibility index (Phi) is 7.37. The Morgan fingerprint density at radius 3 is 1.78 bits per heavy atom. The monoisotopic (exact) mass is 753 g/mol. The van der Waals surface area contributed by atoms with Crippen molar-refractivity contribution in [1.82, 2.24) is 4.57 Å². The predicted molar refractivity (Wildman–Crippen MR) is 253 cm³/mol. The summed E-state index contributed by atoms with van der Waals surface area (Å²) in [5.41, 5.74) is 21.1. The highest BCUT2D eigenvalue weighted by Crippen LogP contribution is 2.50. The molecular weight excluding hydrogens is 713 g/mol. The zero-order chi connectivity index (χ0) is 39.4. The van der Waals surface area contributed by atoms with Gasteiger partial charge in [-0.1, -0.05) is 145 Å². The molecule has 0 saturated carbocycles. The summed E-state index contributed by atoms with van der Waals surface area (Å²) in [7, 11) is 4.28. The van der Waals surface area contributed by atoms with Crippen molar-refractivity contribution in [3.05, 3.63) is 194 Å². The fourth-order valence-electron chi connectivity index (χ4n) is 10.1. The van der Waals surface area contributed by atoms with Crippen LogP contribution in [0.2, 0.25) is 0 Å². The molecule has 2 aliphatic rings. The van der Waals surface area contributed by atoms with Crippen molar-refractivity contribution in [1.29, 1.82) is 0 Å². The molecule has 10 aromatic rings. The molecule has 0 spiro atoms. The van der Waals surface area contributed by atoms with Gasteiger partial charge in [-0.15, -0.1) is 0 Å². The lowest BCUT2D eigenvalue weighted by molar-refractivity contribution is 1.13. The Morgan fingerprint density at radius 2 is 1.10 bits per heavy atom. The highest BCUT2D eigenvalue weighted by atomic mass is 15.1. The normalized spacial score (nSPS) is 12.6. The summed E-state index contributed by atoms with van der Waals surface area (Å²) >= 11 is 0. The fraction of sp³-hybridized carbons (Fsp3) is 0.0545. The van der Waals surface area contributed by atoms with E-state index in [0.29, 0.717) is 0 Å². The second-order valence-electron chi connectivity index (χ2n) is 16.4. The lowest BCUT2D eigenvalue weighted by atomic mass is 9.43. The van der Waals surface area contributed by atoms with Crippen LogP contribution in [0.25, 0.3) is 82.8 Å². The molecule has 0 saturated heterocycles. The average molecular weight is 754 g/mol. The van der Waals surface area contributed by atoms with Crippen LogP contribution in [0.5, 0.6) is 0 Å². The van der Waals surface area contributed by atoms with Crippen molar-refractivity contribution in [3.8, 4) is 50.2 Å². The number of aromatic nitrogens is 1. The van der Waals surface area contributed by atoms with E-state index in [0.717, 1.165) is 0 Å². The Hall–Kier alpha value is -7.30. The van der Waals surface area contributed by atoms with Crippen molar-refractivity contribution < 1.29 is 0 Å². The van der Waals surface area contributed by atoms with E-state index < -0.39 is 0 Å². The highest BCUT2D eigenvalue weighted by molar-refractivity contribution is 6.94. The summed E-state index contributed by atoms with van der Waals surface area (Å²) < 4.78 is 2.63. The molecule has 12 rings (SSSR count). The van der Waals surface area contributed by atoms with Gasteiger partial charge in [-0.25, -0.2) is 0 Å². The molecule has 0 aliphatic carbocycles. The van der Waals surface area contributed by atoms with E-state index in [1.807, 2.05) is 0 Å². The van der Waals surface area contributed by atoms with Crippen LogP contribution in [-0.4, -0.2) is 25.5 Å². The van der Waals surface area contributed by atoms with Crippen LogP contribution >= 0.6 is 0 Å². The van der Waals surface area contributed by atoms with Gasteiger partial charge in [0.15, 0.2) is 0 Å². The molecule has 2 aliphatic heterocycles. The third-order valence-electron chi connectivity index (χ3n) is 12.8. The van der Waals surface area contributed by atoms with Gasteiger partial charge in [-0.05, 0) is 116 Å². The van der Waals surface area contributed by atoms with Crippen LogP contribution in [-0.2, 0) is 0 Å². The first-order valence-electron chi connectivity index (χ1n) is 20.6. The summed E-state index contributed by atoms with van der Waals surface area (Å²) in [6, 6.07) is 70.3. The quantitative estimate of drug-likeness (QED) is 0.162. The Labute approximate surface area is 345 Å². The number of hydrogen-bond acceptors (Lipinski definition) is 2. The third kappa shape index (κ3) is 4.96. The number of nitrogens with zero attached hydrogens (tertiary/aromatic N) is 3. The molecule has 0 atom stereocenters. The highest BCUT2D eigenvalue weighted by Gasteiger charge is 2.45. The zero-order valence-electron chi connectivity index (χ0n) is 33.3. The Morgan fingerprint density at radius 1 is 0.475 bits per heavy atom. The van der Waals surface area contributed by atoms with Crippen LogP contribution in [0.3, 0.4) is 0 Å². The third-order valence-corrected chi connectivity index (χ3v) is 12.8. The standard InChI is InChI=1S/C55H40BN3/c1-35-23-26-40(27-24-35)59-49-30-28-41(57(2)3)31-46(49)47-32-45(38-19-11-6-12-20-38)53-52-42-22-14-13-21-39(42)25-29-50(52)58-51-34-44(37-17-9-5-10-18-37)43(36-15-7-4-8-16-36)33-48(51)56(59)54(47)55(53)58/h4-34H,1-3H3. The summed E-state index contributed by atoms with van der Waals surface area (Å²) in [5.74, 6) is 0. The SMILES string of the molecule is Cc1ccc(N2B3c4cc(-c5ccccc5)c(-c5ccccc5)cc4-n4c5ccc6ccccc6c5c5c(-c6ccccc6)cc(c3c54)-c3cc(N(C)C)ccc32)cc1. The Bertz CT molecular complexity index is 3300. The molecule has 3 heterocycles. The van der Waals surface area contributed by atoms with E-state index in [1.165, 1.54) is 116 Å². The maximum atomic E-state index is 2.63. The smallest absolute Gasteiger partial charge is 0.333 e. The molecule has 0 bridgehead atoms. The molecule has 278 valence electrons. The van der Waals surface area contributed by atoms with Gasteiger partial charge in [0.1, 0.15) is 0 Å². The predicted octanol–water partition coefficient (Wildman–Crippen LogP) is 12.6. The first kappa shape index (κ1) is 33.8. The number of anilines is 3. The lowest BCUT2D eigenvalue weighted by Gasteiger charge is -2.43. The number of aryl methyl sites for hydroxylation is 1. The molecule has 0 unspecified atom stereocenters.